The number of nitrogens with zero attached hydrogens (tertiary/aromatic N) is 1. The average molecular weight is 155 g/mol. The van der Waals surface area contributed by atoms with Gasteiger partial charge in [-0.25, -0.2) is 0 Å². The van der Waals surface area contributed by atoms with Crippen molar-refractivity contribution in [1.29, 1.82) is 0 Å². The maximum Gasteiger partial charge on any atom is 0.0269 e. The summed E-state index contributed by atoms with van der Waals surface area (Å²) in [6, 6.07) is 0. The lowest BCUT2D eigenvalue weighted by molar-refractivity contribution is 1.40. The zero-order chi connectivity index (χ0) is 9.70. The van der Waals surface area contributed by atoms with E-state index >= 15 is 0 Å². The fourth-order valence-electron chi connectivity index (χ4n) is 0.236. The van der Waals surface area contributed by atoms with Gasteiger partial charge in [0.05, 0.1) is 0 Å². The normalized spacial score (nSPS) is 5.55. The summed E-state index contributed by atoms with van der Waals surface area (Å²) in [5, 5.41) is 0. The molecule has 0 radical (unpaired) electrons. The van der Waals surface area contributed by atoms with Crippen LogP contribution in [0.5, 0.6) is 0 Å². The van der Waals surface area contributed by atoms with Crippen molar-refractivity contribution in [1.82, 2.24) is 0 Å². The van der Waals surface area contributed by atoms with E-state index in [1.807, 2.05) is 33.8 Å². The van der Waals surface area contributed by atoms with Crippen LogP contribution in [0.15, 0.2) is 29.3 Å². The van der Waals surface area contributed by atoms with Crippen molar-refractivity contribution in [2.75, 3.05) is 7.05 Å². The molecule has 1 nitrogen and oxygen atoms in total. The molecule has 0 aliphatic rings. The van der Waals surface area contributed by atoms with Crippen LogP contribution in [0.2, 0.25) is 0 Å². The summed E-state index contributed by atoms with van der Waals surface area (Å²) in [5.74, 6) is 0. The monoisotopic (exact) mass is 155 g/mol. The van der Waals surface area contributed by atoms with Crippen molar-refractivity contribution >= 4 is 6.72 Å². The van der Waals surface area contributed by atoms with Gasteiger partial charge in [0.25, 0.3) is 0 Å². The minimum atomic E-state index is 1.30. The molecule has 0 unspecified atom stereocenters. The molecule has 0 spiro atoms. The number of rotatable bonds is 1. The van der Waals surface area contributed by atoms with E-state index in [9.17, 15) is 0 Å². The van der Waals surface area contributed by atoms with Gasteiger partial charge < -0.3 is 4.99 Å². The van der Waals surface area contributed by atoms with Crippen molar-refractivity contribution in [3.63, 3.8) is 0 Å². The number of hydrogen-bond acceptors (Lipinski definition) is 1. The zero-order valence-corrected chi connectivity index (χ0v) is 8.52. The molecule has 0 aliphatic heterocycles. The van der Waals surface area contributed by atoms with Crippen molar-refractivity contribution in [2.45, 2.75) is 27.7 Å². The van der Waals surface area contributed by atoms with E-state index in [1.54, 1.807) is 13.1 Å². The fraction of sp³-hybridized carbons (Fsp3) is 0.500. The topological polar surface area (TPSA) is 12.4 Å². The molecule has 11 heavy (non-hydrogen) atoms. The molecule has 0 fully saturated rings. The molecule has 1 heteroatoms. The summed E-state index contributed by atoms with van der Waals surface area (Å²) < 4.78 is 0. The SMILES string of the molecule is C=CC=C(C)C.C=NC.CC. The molecule has 0 aromatic heterocycles. The van der Waals surface area contributed by atoms with Crippen LogP contribution in [-0.4, -0.2) is 13.8 Å². The summed E-state index contributed by atoms with van der Waals surface area (Å²) in [5.41, 5.74) is 1.30. The van der Waals surface area contributed by atoms with Crippen molar-refractivity contribution in [3.8, 4) is 0 Å². The third kappa shape index (κ3) is 101. The minimum absolute atomic E-state index is 1.30. The first-order chi connectivity index (χ1) is 5.18. The number of aliphatic imine (C=N–C) groups is 1. The molecule has 0 aliphatic carbocycles. The summed E-state index contributed by atoms with van der Waals surface area (Å²) in [6.45, 7) is 14.7. The fourth-order valence-corrected chi connectivity index (χ4v) is 0.236. The second kappa shape index (κ2) is 22.9. The van der Waals surface area contributed by atoms with Gasteiger partial charge in [0.15, 0.2) is 0 Å². The Bertz CT molecular complexity index is 97.4. The molecule has 0 aromatic carbocycles. The molecule has 0 amide bonds. The summed E-state index contributed by atoms with van der Waals surface area (Å²) >= 11 is 0. The van der Waals surface area contributed by atoms with Gasteiger partial charge in [-0.2, -0.15) is 0 Å². The summed E-state index contributed by atoms with van der Waals surface area (Å²) in [6.07, 6.45) is 3.76. The van der Waals surface area contributed by atoms with Gasteiger partial charge in [0.1, 0.15) is 0 Å². The van der Waals surface area contributed by atoms with Crippen LogP contribution in [0, 0.1) is 0 Å². The Morgan fingerprint density at radius 3 is 1.55 bits per heavy atom. The lowest BCUT2D eigenvalue weighted by Crippen LogP contribution is -1.54. The first kappa shape index (κ1) is 16.6. The molecule has 0 saturated heterocycles. The van der Waals surface area contributed by atoms with Gasteiger partial charge in [-0.05, 0) is 20.6 Å². The molecule has 66 valence electrons. The molecule has 0 bridgehead atoms. The molecule has 0 atom stereocenters. The summed E-state index contributed by atoms with van der Waals surface area (Å²) in [4.78, 5) is 3.25. The van der Waals surface area contributed by atoms with Crippen LogP contribution in [0.3, 0.4) is 0 Å². The van der Waals surface area contributed by atoms with E-state index in [4.69, 9.17) is 0 Å². The maximum absolute atomic E-state index is 3.52. The molecule has 0 rings (SSSR count). The van der Waals surface area contributed by atoms with Crippen molar-refractivity contribution in [3.05, 3.63) is 24.3 Å². The summed E-state index contributed by atoms with van der Waals surface area (Å²) in [7, 11) is 1.64. The first-order valence-corrected chi connectivity index (χ1v) is 3.79. The van der Waals surface area contributed by atoms with Crippen LogP contribution < -0.4 is 0 Å². The zero-order valence-electron chi connectivity index (χ0n) is 8.52. The molecule has 0 heterocycles. The number of allylic oxidation sites excluding steroid dienone is 3. The predicted molar refractivity (Wildman–Crippen MR) is 56.4 cm³/mol. The highest BCUT2D eigenvalue weighted by atomic mass is 14.6. The Labute approximate surface area is 71.6 Å². The highest BCUT2D eigenvalue weighted by Gasteiger charge is 1.63. The lowest BCUT2D eigenvalue weighted by atomic mass is 10.3. The molecule has 0 saturated carbocycles. The average Bonchev–Trinajstić information content (AvgIpc) is 1.93. The highest BCUT2D eigenvalue weighted by Crippen LogP contribution is 1.85. The Balaban J connectivity index is -0.000000109. The smallest absolute Gasteiger partial charge is 0.0269 e. The second-order valence-corrected chi connectivity index (χ2v) is 1.80. The lowest BCUT2D eigenvalue weighted by Gasteiger charge is -1.76. The Morgan fingerprint density at radius 1 is 1.27 bits per heavy atom. The predicted octanol–water partition coefficient (Wildman–Crippen LogP) is 3.48. The Hall–Kier alpha value is -0.850. The minimum Gasteiger partial charge on any atom is -0.304 e. The van der Waals surface area contributed by atoms with E-state index in [0.29, 0.717) is 0 Å². The number of hydrogen-bond donors (Lipinski definition) is 0. The van der Waals surface area contributed by atoms with E-state index in [1.165, 1.54) is 5.57 Å². The second-order valence-electron chi connectivity index (χ2n) is 1.80. The Kier molecular flexibility index (Phi) is 34.6. The van der Waals surface area contributed by atoms with Gasteiger partial charge in [0.2, 0.25) is 0 Å². The van der Waals surface area contributed by atoms with Crippen LogP contribution >= 0.6 is 0 Å². The van der Waals surface area contributed by atoms with Gasteiger partial charge in [-0.15, -0.1) is 0 Å². The first-order valence-electron chi connectivity index (χ1n) is 3.79. The molecular weight excluding hydrogens is 134 g/mol. The maximum atomic E-state index is 3.52. The van der Waals surface area contributed by atoms with Crippen LogP contribution in [-0.2, 0) is 0 Å². The van der Waals surface area contributed by atoms with Gasteiger partial charge in [-0.1, -0.05) is 38.2 Å². The van der Waals surface area contributed by atoms with Crippen molar-refractivity contribution < 1.29 is 0 Å². The van der Waals surface area contributed by atoms with E-state index < -0.39 is 0 Å². The van der Waals surface area contributed by atoms with Crippen LogP contribution in [0.25, 0.3) is 0 Å². The molecular formula is C10H21N. The van der Waals surface area contributed by atoms with Crippen LogP contribution in [0.1, 0.15) is 27.7 Å². The molecule has 0 N–H and O–H groups in total. The van der Waals surface area contributed by atoms with Gasteiger partial charge in [-0.3, -0.25) is 0 Å². The van der Waals surface area contributed by atoms with Crippen molar-refractivity contribution in [2.24, 2.45) is 4.99 Å². The quantitative estimate of drug-likeness (QED) is 0.406. The largest absolute Gasteiger partial charge is 0.304 e. The third-order valence-corrected chi connectivity index (χ3v) is 0.451. The van der Waals surface area contributed by atoms with Gasteiger partial charge in [0, 0.05) is 7.05 Å². The molecule has 0 aromatic rings. The Morgan fingerprint density at radius 2 is 1.55 bits per heavy atom. The third-order valence-electron chi connectivity index (χ3n) is 0.451. The highest BCUT2D eigenvalue weighted by molar-refractivity contribution is 5.22. The van der Waals surface area contributed by atoms with E-state index in [-0.39, 0.29) is 0 Å². The van der Waals surface area contributed by atoms with E-state index in [0.717, 1.165) is 0 Å². The standard InChI is InChI=1S/C6H10.C2H5N.C2H6/c1-4-5-6(2)3;1-3-2;1-2/h4-5H,1H2,2-3H3;1H2,2H3;1-2H3. The van der Waals surface area contributed by atoms with Crippen LogP contribution in [0.4, 0.5) is 0 Å². The van der Waals surface area contributed by atoms with E-state index in [2.05, 4.69) is 18.3 Å². The van der Waals surface area contributed by atoms with Gasteiger partial charge >= 0.3 is 0 Å².